The van der Waals surface area contributed by atoms with E-state index in [1.54, 1.807) is 13.8 Å². The number of hydrogen-bond acceptors (Lipinski definition) is 6. The van der Waals surface area contributed by atoms with Gasteiger partial charge in [-0.25, -0.2) is 14.5 Å². The summed E-state index contributed by atoms with van der Waals surface area (Å²) < 4.78 is 9.91. The van der Waals surface area contributed by atoms with Gasteiger partial charge in [0, 0.05) is 6.54 Å². The van der Waals surface area contributed by atoms with Gasteiger partial charge in [0.1, 0.15) is 17.1 Å². The summed E-state index contributed by atoms with van der Waals surface area (Å²) in [5.74, 6) is -1.81. The van der Waals surface area contributed by atoms with Crippen molar-refractivity contribution in [2.45, 2.75) is 20.4 Å². The van der Waals surface area contributed by atoms with Crippen molar-refractivity contribution in [3.63, 3.8) is 0 Å². The lowest BCUT2D eigenvalue weighted by Crippen LogP contribution is -2.32. The molecule has 0 bridgehead atoms. The monoisotopic (exact) mass is 294 g/mol. The highest BCUT2D eigenvalue weighted by Gasteiger charge is 2.43. The van der Waals surface area contributed by atoms with Gasteiger partial charge >= 0.3 is 23.8 Å². The Kier molecular flexibility index (Phi) is 3.79. The number of likely N-dealkylation sites (N-methyl/N-ethyl adjacent to an activating group) is 1. The van der Waals surface area contributed by atoms with Crippen LogP contribution >= 0.6 is 0 Å². The van der Waals surface area contributed by atoms with E-state index in [9.17, 15) is 19.2 Å². The molecule has 8 nitrogen and oxygen atoms in total. The Morgan fingerprint density at radius 2 is 1.86 bits per heavy atom. The standard InChI is InChI=1S/C13H14N2O6/c1-4-14-10(16)11(17)15(13(14)19)6-8-5-9(7(2)21-8)12(18)20-3/h5H,4,6H2,1-3H3. The number of nitrogens with zero attached hydrogens (tertiary/aromatic N) is 2. The number of esters is 1. The predicted octanol–water partition coefficient (Wildman–Crippen LogP) is 0.685. The van der Waals surface area contributed by atoms with E-state index in [4.69, 9.17) is 4.42 Å². The number of hydrogen-bond donors (Lipinski definition) is 0. The fraction of sp³-hybridized carbons (Fsp3) is 0.385. The van der Waals surface area contributed by atoms with Crippen LogP contribution in [0.1, 0.15) is 28.8 Å². The van der Waals surface area contributed by atoms with Crippen molar-refractivity contribution in [3.05, 3.63) is 23.2 Å². The molecular formula is C13H14N2O6. The van der Waals surface area contributed by atoms with Gasteiger partial charge in [0.2, 0.25) is 0 Å². The Morgan fingerprint density at radius 3 is 2.38 bits per heavy atom. The summed E-state index contributed by atoms with van der Waals surface area (Å²) in [4.78, 5) is 48.4. The second kappa shape index (κ2) is 5.39. The first-order valence-electron chi connectivity index (χ1n) is 6.25. The number of amides is 4. The molecular weight excluding hydrogens is 280 g/mol. The molecule has 0 atom stereocenters. The number of imide groups is 2. The number of urea groups is 1. The number of aryl methyl sites for hydroxylation is 1. The zero-order valence-electron chi connectivity index (χ0n) is 11.8. The van der Waals surface area contributed by atoms with Crippen molar-refractivity contribution in [1.82, 2.24) is 9.80 Å². The van der Waals surface area contributed by atoms with Gasteiger partial charge in [0.15, 0.2) is 0 Å². The van der Waals surface area contributed by atoms with Crippen molar-refractivity contribution in [2.75, 3.05) is 13.7 Å². The molecule has 4 amide bonds. The summed E-state index contributed by atoms with van der Waals surface area (Å²) in [7, 11) is 1.24. The molecule has 0 saturated carbocycles. The SMILES string of the molecule is CCN1C(=O)C(=O)N(Cc2cc(C(=O)OC)c(C)o2)C1=O. The summed E-state index contributed by atoms with van der Waals surface area (Å²) in [5.41, 5.74) is 0.213. The second-order valence-corrected chi connectivity index (χ2v) is 4.40. The molecule has 0 aromatic carbocycles. The molecule has 0 unspecified atom stereocenters. The molecule has 1 saturated heterocycles. The van der Waals surface area contributed by atoms with Crippen molar-refractivity contribution in [1.29, 1.82) is 0 Å². The van der Waals surface area contributed by atoms with E-state index in [0.717, 1.165) is 9.80 Å². The molecule has 1 fully saturated rings. The van der Waals surface area contributed by atoms with Crippen LogP contribution in [0.2, 0.25) is 0 Å². The van der Waals surface area contributed by atoms with Gasteiger partial charge in [0.25, 0.3) is 0 Å². The highest BCUT2D eigenvalue weighted by molar-refractivity contribution is 6.44. The van der Waals surface area contributed by atoms with E-state index in [-0.39, 0.29) is 24.4 Å². The van der Waals surface area contributed by atoms with Crippen molar-refractivity contribution in [2.24, 2.45) is 0 Å². The minimum absolute atomic E-state index is 0.116. The number of methoxy groups -OCH3 is 1. The van der Waals surface area contributed by atoms with Gasteiger partial charge < -0.3 is 9.15 Å². The molecule has 1 aliphatic heterocycles. The second-order valence-electron chi connectivity index (χ2n) is 4.40. The van der Waals surface area contributed by atoms with Gasteiger partial charge in [0.05, 0.1) is 13.7 Å². The van der Waals surface area contributed by atoms with Crippen LogP contribution in [0.25, 0.3) is 0 Å². The normalized spacial score (nSPS) is 15.1. The predicted molar refractivity (Wildman–Crippen MR) is 68.1 cm³/mol. The molecule has 0 aliphatic carbocycles. The summed E-state index contributed by atoms with van der Waals surface area (Å²) in [6, 6.07) is 0.696. The van der Waals surface area contributed by atoms with Crippen molar-refractivity contribution in [3.8, 4) is 0 Å². The van der Waals surface area contributed by atoms with Crippen molar-refractivity contribution < 1.29 is 28.3 Å². The van der Waals surface area contributed by atoms with E-state index in [1.165, 1.54) is 13.2 Å². The Bertz CT molecular complexity index is 633. The first-order valence-corrected chi connectivity index (χ1v) is 6.25. The molecule has 1 aliphatic rings. The summed E-state index contributed by atoms with van der Waals surface area (Å²) in [5, 5.41) is 0. The number of carbonyl (C=O) groups is 4. The number of ether oxygens (including phenoxy) is 1. The minimum atomic E-state index is -0.907. The van der Waals surface area contributed by atoms with E-state index in [0.29, 0.717) is 5.76 Å². The van der Waals surface area contributed by atoms with E-state index < -0.39 is 23.8 Å². The lowest BCUT2D eigenvalue weighted by molar-refractivity contribution is -0.143. The molecule has 0 N–H and O–H groups in total. The topological polar surface area (TPSA) is 97.1 Å². The number of furan rings is 1. The largest absolute Gasteiger partial charge is 0.465 e. The summed E-state index contributed by atoms with van der Waals surface area (Å²) in [6.45, 7) is 3.06. The van der Waals surface area contributed by atoms with E-state index >= 15 is 0 Å². The zero-order valence-corrected chi connectivity index (χ0v) is 11.8. The van der Waals surface area contributed by atoms with Gasteiger partial charge in [-0.2, -0.15) is 0 Å². The maximum Gasteiger partial charge on any atom is 0.341 e. The molecule has 0 spiro atoms. The summed E-state index contributed by atoms with van der Waals surface area (Å²) in [6.07, 6.45) is 0. The smallest absolute Gasteiger partial charge is 0.341 e. The quantitative estimate of drug-likeness (QED) is 0.460. The maximum atomic E-state index is 11.9. The molecule has 8 heteroatoms. The third kappa shape index (κ3) is 2.39. The average molecular weight is 294 g/mol. The van der Waals surface area contributed by atoms with Gasteiger partial charge in [-0.1, -0.05) is 0 Å². The first kappa shape index (κ1) is 14.8. The fourth-order valence-electron chi connectivity index (χ4n) is 2.06. The van der Waals surface area contributed by atoms with E-state index in [1.807, 2.05) is 0 Å². The van der Waals surface area contributed by atoms with Crippen LogP contribution in [0.5, 0.6) is 0 Å². The third-order valence-corrected chi connectivity index (χ3v) is 3.14. The lowest BCUT2D eigenvalue weighted by Gasteiger charge is -2.12. The molecule has 21 heavy (non-hydrogen) atoms. The van der Waals surface area contributed by atoms with Gasteiger partial charge in [-0.15, -0.1) is 0 Å². The Balaban J connectivity index is 2.23. The Labute approximate surface area is 120 Å². The lowest BCUT2D eigenvalue weighted by atomic mass is 10.2. The maximum absolute atomic E-state index is 11.9. The van der Waals surface area contributed by atoms with E-state index in [2.05, 4.69) is 4.74 Å². The molecule has 0 radical (unpaired) electrons. The Hall–Kier alpha value is -2.64. The van der Waals surface area contributed by atoms with Crippen LogP contribution in [0.3, 0.4) is 0 Å². The van der Waals surface area contributed by atoms with Crippen LogP contribution < -0.4 is 0 Å². The van der Waals surface area contributed by atoms with Crippen LogP contribution in [0.4, 0.5) is 4.79 Å². The van der Waals surface area contributed by atoms with Crippen LogP contribution in [-0.2, 0) is 20.9 Å². The Morgan fingerprint density at radius 1 is 1.24 bits per heavy atom. The molecule has 1 aromatic rings. The highest BCUT2D eigenvalue weighted by atomic mass is 16.5. The van der Waals surface area contributed by atoms with Crippen LogP contribution in [-0.4, -0.2) is 47.3 Å². The molecule has 1 aromatic heterocycles. The third-order valence-electron chi connectivity index (χ3n) is 3.14. The number of rotatable bonds is 4. The zero-order chi connectivity index (χ0) is 15.7. The highest BCUT2D eigenvalue weighted by Crippen LogP contribution is 2.20. The average Bonchev–Trinajstić information content (AvgIpc) is 2.92. The van der Waals surface area contributed by atoms with Crippen LogP contribution in [0, 0.1) is 6.92 Å². The fourth-order valence-corrected chi connectivity index (χ4v) is 2.06. The molecule has 2 heterocycles. The van der Waals surface area contributed by atoms with Gasteiger partial charge in [-0.05, 0) is 19.9 Å². The molecule has 2 rings (SSSR count). The summed E-state index contributed by atoms with van der Waals surface area (Å²) >= 11 is 0. The molecule has 112 valence electrons. The van der Waals surface area contributed by atoms with Gasteiger partial charge in [-0.3, -0.25) is 14.5 Å². The van der Waals surface area contributed by atoms with Crippen LogP contribution in [0.15, 0.2) is 10.5 Å². The number of carbonyl (C=O) groups excluding carboxylic acids is 4. The first-order chi connectivity index (χ1) is 9.90. The minimum Gasteiger partial charge on any atom is -0.465 e. The van der Waals surface area contributed by atoms with Crippen molar-refractivity contribution >= 4 is 23.8 Å².